The Hall–Kier alpha value is -2.51. The zero-order valence-corrected chi connectivity index (χ0v) is 15.2. The molecule has 4 rings (SSSR count). The maximum absolute atomic E-state index is 12.7. The maximum atomic E-state index is 12.7. The largest absolute Gasteiger partial charge is 0.285 e. The summed E-state index contributed by atoms with van der Waals surface area (Å²) >= 11 is 3.17. The summed E-state index contributed by atoms with van der Waals surface area (Å²) in [7, 11) is 0. The summed E-state index contributed by atoms with van der Waals surface area (Å²) in [6.45, 7) is 0. The molecule has 4 heterocycles. The van der Waals surface area contributed by atoms with Crippen LogP contribution in [0.15, 0.2) is 64.6 Å². The molecular formula is C19H13N3O2S2. The summed E-state index contributed by atoms with van der Waals surface area (Å²) in [5.74, 6) is 1.05. The van der Waals surface area contributed by atoms with Crippen molar-refractivity contribution in [2.75, 3.05) is 11.5 Å². The molecule has 0 N–H and O–H groups in total. The quantitative estimate of drug-likeness (QED) is 0.591. The van der Waals surface area contributed by atoms with Crippen molar-refractivity contribution < 1.29 is 9.59 Å². The number of aromatic nitrogens is 3. The topological polar surface area (TPSA) is 72.8 Å². The van der Waals surface area contributed by atoms with Crippen LogP contribution < -0.4 is 0 Å². The summed E-state index contributed by atoms with van der Waals surface area (Å²) in [5.41, 5.74) is 1.05. The third kappa shape index (κ3) is 3.54. The first kappa shape index (κ1) is 16.9. The first-order valence-corrected chi connectivity index (χ1v) is 9.94. The van der Waals surface area contributed by atoms with Gasteiger partial charge in [0.05, 0.1) is 10.1 Å². The van der Waals surface area contributed by atoms with E-state index < -0.39 is 0 Å². The second-order valence-electron chi connectivity index (χ2n) is 5.49. The summed E-state index contributed by atoms with van der Waals surface area (Å²) in [6.07, 6.45) is 0. The Balaban J connectivity index is 1.81. The van der Waals surface area contributed by atoms with Gasteiger partial charge in [0.1, 0.15) is 22.8 Å². The Morgan fingerprint density at radius 2 is 0.962 bits per heavy atom. The number of carbonyl (C=O) groups excluding carboxylic acids is 2. The summed E-state index contributed by atoms with van der Waals surface area (Å²) < 4.78 is 0. The second-order valence-corrected chi connectivity index (χ2v) is 7.72. The van der Waals surface area contributed by atoms with Gasteiger partial charge in [-0.25, -0.2) is 15.0 Å². The first-order valence-electron chi connectivity index (χ1n) is 7.97. The Bertz CT molecular complexity index is 931. The van der Waals surface area contributed by atoms with Crippen molar-refractivity contribution in [1.29, 1.82) is 0 Å². The van der Waals surface area contributed by atoms with E-state index in [-0.39, 0.29) is 23.0 Å². The van der Waals surface area contributed by atoms with E-state index in [1.54, 1.807) is 53.9 Å². The molecule has 7 heteroatoms. The molecule has 5 nitrogen and oxygen atoms in total. The molecule has 0 spiro atoms. The molecule has 1 aliphatic rings. The summed E-state index contributed by atoms with van der Waals surface area (Å²) in [5, 5.41) is 1.58. The van der Waals surface area contributed by atoms with Crippen molar-refractivity contribution in [1.82, 2.24) is 15.0 Å². The predicted octanol–water partition coefficient (Wildman–Crippen LogP) is 3.53. The number of nitrogens with zero attached hydrogens (tertiary/aromatic N) is 3. The zero-order chi connectivity index (χ0) is 17.9. The third-order valence-corrected chi connectivity index (χ3v) is 5.83. The lowest BCUT2D eigenvalue weighted by molar-refractivity contribution is 0.102. The van der Waals surface area contributed by atoms with E-state index in [4.69, 9.17) is 0 Å². The number of fused-ring (bicyclic) bond motifs is 6. The van der Waals surface area contributed by atoms with Crippen LogP contribution in [0.4, 0.5) is 0 Å². The summed E-state index contributed by atoms with van der Waals surface area (Å²) in [6, 6.07) is 15.6. The molecular weight excluding hydrogens is 366 g/mol. The normalized spacial score (nSPS) is 14.5. The van der Waals surface area contributed by atoms with Crippen LogP contribution >= 0.6 is 23.5 Å². The number of ketones is 2. The molecule has 6 bridgehead atoms. The molecule has 0 unspecified atom stereocenters. The highest BCUT2D eigenvalue weighted by atomic mass is 32.2. The summed E-state index contributed by atoms with van der Waals surface area (Å²) in [4.78, 5) is 38.6. The van der Waals surface area contributed by atoms with Crippen LogP contribution in [0.25, 0.3) is 0 Å². The van der Waals surface area contributed by atoms with Crippen LogP contribution in [0, 0.1) is 0 Å². The molecule has 1 aliphatic heterocycles. The smallest absolute Gasteiger partial charge is 0.229 e. The lowest BCUT2D eigenvalue weighted by Crippen LogP contribution is -2.12. The van der Waals surface area contributed by atoms with Crippen LogP contribution in [-0.4, -0.2) is 38.0 Å². The van der Waals surface area contributed by atoms with Gasteiger partial charge in [0, 0.05) is 11.5 Å². The number of pyridine rings is 3. The van der Waals surface area contributed by atoms with Gasteiger partial charge in [-0.2, -0.15) is 0 Å². The van der Waals surface area contributed by atoms with Crippen LogP contribution in [0.5, 0.6) is 0 Å². The van der Waals surface area contributed by atoms with Gasteiger partial charge < -0.3 is 0 Å². The molecule has 0 saturated heterocycles. The maximum Gasteiger partial charge on any atom is 0.229 e. The number of hydrogen-bond acceptors (Lipinski definition) is 7. The Labute approximate surface area is 158 Å². The van der Waals surface area contributed by atoms with E-state index in [0.29, 0.717) is 11.4 Å². The van der Waals surface area contributed by atoms with Crippen molar-refractivity contribution in [2.24, 2.45) is 0 Å². The highest BCUT2D eigenvalue weighted by Gasteiger charge is 2.18. The minimum absolute atomic E-state index is 0.200. The average Bonchev–Trinajstić information content (AvgIpc) is 2.70. The number of thioether (sulfide) groups is 2. The van der Waals surface area contributed by atoms with Crippen LogP contribution in [0.2, 0.25) is 0 Å². The zero-order valence-electron chi connectivity index (χ0n) is 13.6. The van der Waals surface area contributed by atoms with Gasteiger partial charge in [-0.05, 0) is 36.4 Å². The van der Waals surface area contributed by atoms with E-state index in [9.17, 15) is 9.59 Å². The van der Waals surface area contributed by atoms with E-state index >= 15 is 0 Å². The molecule has 0 aliphatic carbocycles. The van der Waals surface area contributed by atoms with Gasteiger partial charge in [0.15, 0.2) is 0 Å². The van der Waals surface area contributed by atoms with Crippen LogP contribution in [0.3, 0.4) is 0 Å². The monoisotopic (exact) mass is 379 g/mol. The van der Waals surface area contributed by atoms with Gasteiger partial charge >= 0.3 is 0 Å². The predicted molar refractivity (Wildman–Crippen MR) is 101 cm³/mol. The van der Waals surface area contributed by atoms with Gasteiger partial charge in [-0.3, -0.25) is 9.59 Å². The van der Waals surface area contributed by atoms with E-state index in [1.807, 2.05) is 24.3 Å². The van der Waals surface area contributed by atoms with Gasteiger partial charge in [0.2, 0.25) is 11.6 Å². The van der Waals surface area contributed by atoms with E-state index in [1.165, 1.54) is 0 Å². The van der Waals surface area contributed by atoms with Gasteiger partial charge in [-0.1, -0.05) is 18.2 Å². The second kappa shape index (κ2) is 7.39. The molecule has 0 aromatic carbocycles. The Kier molecular flexibility index (Phi) is 4.81. The van der Waals surface area contributed by atoms with Crippen molar-refractivity contribution in [3.8, 4) is 0 Å². The molecule has 0 atom stereocenters. The van der Waals surface area contributed by atoms with Gasteiger partial charge in [0.25, 0.3) is 0 Å². The fraction of sp³-hybridized carbons (Fsp3) is 0.105. The minimum atomic E-state index is -0.298. The number of rotatable bonds is 0. The van der Waals surface area contributed by atoms with Crippen LogP contribution in [-0.2, 0) is 0 Å². The standard InChI is InChI=1S/C19H13N3O2S2/c23-18-12-4-1-5-13(20-12)19(24)15-7-3-9-17(22-15)26-11-10-25-16-8-2-6-14(18)21-16/h1-9H,10-11H2. The first-order chi connectivity index (χ1) is 12.7. The van der Waals surface area contributed by atoms with E-state index in [0.717, 1.165) is 21.6 Å². The van der Waals surface area contributed by atoms with Crippen molar-refractivity contribution in [2.45, 2.75) is 10.1 Å². The minimum Gasteiger partial charge on any atom is -0.285 e. The van der Waals surface area contributed by atoms with Crippen molar-refractivity contribution in [3.05, 3.63) is 77.4 Å². The lowest BCUT2D eigenvalue weighted by atomic mass is 10.1. The fourth-order valence-corrected chi connectivity index (χ4v) is 4.25. The SMILES string of the molecule is O=C1c2cccc(n2)SCCSc2cccc(n2)C(=O)c2cccc1n2. The number of carbonyl (C=O) groups is 2. The average molecular weight is 379 g/mol. The highest BCUT2D eigenvalue weighted by Crippen LogP contribution is 2.22. The molecule has 128 valence electrons. The van der Waals surface area contributed by atoms with Gasteiger partial charge in [-0.15, -0.1) is 23.5 Å². The molecule has 0 amide bonds. The molecule has 26 heavy (non-hydrogen) atoms. The van der Waals surface area contributed by atoms with Crippen molar-refractivity contribution in [3.63, 3.8) is 0 Å². The molecule has 3 aromatic heterocycles. The molecule has 3 aromatic rings. The molecule has 0 fully saturated rings. The highest BCUT2D eigenvalue weighted by molar-refractivity contribution is 8.02. The molecule has 0 saturated carbocycles. The molecule has 0 radical (unpaired) electrons. The van der Waals surface area contributed by atoms with E-state index in [2.05, 4.69) is 15.0 Å². The number of hydrogen-bond donors (Lipinski definition) is 0. The van der Waals surface area contributed by atoms with Crippen molar-refractivity contribution >= 4 is 35.1 Å². The Morgan fingerprint density at radius 3 is 1.42 bits per heavy atom. The Morgan fingerprint density at radius 1 is 0.577 bits per heavy atom. The fourth-order valence-electron chi connectivity index (χ4n) is 2.49. The third-order valence-electron chi connectivity index (χ3n) is 3.71. The van der Waals surface area contributed by atoms with Crippen LogP contribution in [0.1, 0.15) is 32.4 Å². The lowest BCUT2D eigenvalue weighted by Gasteiger charge is -2.04.